The number of halogens is 6. The largest absolute Gasteiger partial charge is 0.380 e. The lowest BCUT2D eigenvalue weighted by Gasteiger charge is -2.25. The highest BCUT2D eigenvalue weighted by atomic mass is 32.1. The number of hydrogen-bond acceptors (Lipinski definition) is 6. The lowest BCUT2D eigenvalue weighted by atomic mass is 9.85. The molecule has 0 saturated heterocycles. The van der Waals surface area contributed by atoms with Crippen molar-refractivity contribution in [2.45, 2.75) is 45.5 Å². The molecule has 0 atom stereocenters. The van der Waals surface area contributed by atoms with E-state index in [1.165, 1.54) is 26.0 Å². The van der Waals surface area contributed by atoms with Gasteiger partial charge in [0.1, 0.15) is 35.4 Å². The first kappa shape index (κ1) is 60.1. The topological polar surface area (TPSA) is 95.2 Å². The van der Waals surface area contributed by atoms with Crippen LogP contribution in [0.3, 0.4) is 0 Å². The Morgan fingerprint density at radius 3 is 0.798 bits per heavy atom. The van der Waals surface area contributed by atoms with E-state index in [-0.39, 0.29) is 20.9 Å². The lowest BCUT2D eigenvalue weighted by Crippen LogP contribution is -2.48. The number of alkyl halides is 6. The Morgan fingerprint density at radius 2 is 0.551 bits per heavy atom. The predicted octanol–water partition coefficient (Wildman–Crippen LogP) is 21.2. The smallest absolute Gasteiger partial charge is 0.194 e. The molecule has 0 amide bonds. The van der Waals surface area contributed by atoms with E-state index in [0.29, 0.717) is 43.2 Å². The summed E-state index contributed by atoms with van der Waals surface area (Å²) < 4.78 is 98.9. The molecule has 2 aromatic heterocycles. The van der Waals surface area contributed by atoms with Crippen LogP contribution in [0.25, 0.3) is 65.5 Å². The number of nitriles is 4. The van der Waals surface area contributed by atoms with Crippen molar-refractivity contribution in [2.24, 2.45) is 0 Å². The first-order valence-electron chi connectivity index (χ1n) is 28.2. The van der Waals surface area contributed by atoms with Gasteiger partial charge in [-0.05, 0) is 151 Å². The van der Waals surface area contributed by atoms with Crippen LogP contribution in [0, 0.1) is 59.2 Å². The summed E-state index contributed by atoms with van der Waals surface area (Å²) in [7, 11) is 0. The Balaban J connectivity index is 0.989. The Bertz CT molecular complexity index is 4370. The molecule has 10 aromatic rings. The van der Waals surface area contributed by atoms with Crippen molar-refractivity contribution in [1.82, 2.24) is 0 Å². The van der Waals surface area contributed by atoms with Crippen LogP contribution in [0.15, 0.2) is 242 Å². The summed E-state index contributed by atoms with van der Waals surface area (Å²) in [5, 5.41) is 38.3. The molecule has 11 rings (SSSR count). The maximum absolute atomic E-state index is 16.7. The summed E-state index contributed by atoms with van der Waals surface area (Å²) in [6.07, 6.45) is 0. The fourth-order valence-corrected chi connectivity index (χ4v) is 13.5. The van der Waals surface area contributed by atoms with Crippen LogP contribution < -0.4 is 0 Å². The highest BCUT2D eigenvalue weighted by molar-refractivity contribution is 7.16. The molecule has 0 unspecified atom stereocenters. The lowest BCUT2D eigenvalue weighted by molar-refractivity contribution is -0.254. The summed E-state index contributed by atoms with van der Waals surface area (Å²) in [5.74, 6) is -16.3. The quantitative estimate of drug-likeness (QED) is 0.0616. The van der Waals surface area contributed by atoms with Gasteiger partial charge in [0.15, 0.2) is 0 Å². The molecule has 432 valence electrons. The van der Waals surface area contributed by atoms with Crippen LogP contribution in [0.2, 0.25) is 0 Å². The molecule has 1 aliphatic rings. The Morgan fingerprint density at radius 1 is 0.326 bits per heavy atom. The summed E-state index contributed by atoms with van der Waals surface area (Å²) in [4.78, 5) is 1.12. The maximum atomic E-state index is 16.7. The van der Waals surface area contributed by atoms with Gasteiger partial charge in [-0.15, -0.1) is 22.7 Å². The van der Waals surface area contributed by atoms with Gasteiger partial charge in [0.05, 0.1) is 0 Å². The molecule has 0 bridgehead atoms. The zero-order valence-corrected chi connectivity index (χ0v) is 49.9. The molecule has 89 heavy (non-hydrogen) atoms. The SMILES string of the molecule is CC(=C(C#N)C#N)c1ccc(/C(=C(\c2ccccc2)c2ccc(-c3cc(C4=C(c5cc(-c6ccc(/C(=C(\c7ccccc7)c7ccc(C(C)=C(C#N)C#N)cc7)c7ccccc7)cc6)sc5C)C(F)(F)C(F)(F)C4(F)F)c(C)s3)cc2)c2ccccc2)cc1. The van der Waals surface area contributed by atoms with Gasteiger partial charge in [0.2, 0.25) is 0 Å². The van der Waals surface area contributed by atoms with Crippen molar-refractivity contribution in [3.63, 3.8) is 0 Å². The minimum absolute atomic E-state index is 0.00826. The summed E-state index contributed by atoms with van der Waals surface area (Å²) in [6.45, 7) is 6.40. The van der Waals surface area contributed by atoms with Crippen LogP contribution in [0.5, 0.6) is 0 Å². The van der Waals surface area contributed by atoms with E-state index in [1.807, 2.05) is 218 Å². The van der Waals surface area contributed by atoms with E-state index in [0.717, 1.165) is 89.5 Å². The fourth-order valence-electron chi connectivity index (χ4n) is 11.5. The van der Waals surface area contributed by atoms with Gasteiger partial charge in [-0.3, -0.25) is 0 Å². The van der Waals surface area contributed by atoms with E-state index in [2.05, 4.69) is 0 Å². The number of hydrogen-bond donors (Lipinski definition) is 0. The van der Waals surface area contributed by atoms with E-state index in [9.17, 15) is 21.0 Å². The third-order valence-electron chi connectivity index (χ3n) is 16.1. The summed E-state index contributed by atoms with van der Waals surface area (Å²) in [5.41, 5.74) is 10.2. The average molecular weight is 1210 g/mol. The van der Waals surface area contributed by atoms with Gasteiger partial charge in [-0.1, -0.05) is 218 Å². The molecule has 0 saturated carbocycles. The second-order valence-corrected chi connectivity index (χ2v) is 23.9. The predicted molar refractivity (Wildman–Crippen MR) is 347 cm³/mol. The molecule has 12 heteroatoms. The summed E-state index contributed by atoms with van der Waals surface area (Å²) in [6, 6.07) is 79.4. The Kier molecular flexibility index (Phi) is 16.6. The number of aryl methyl sites for hydroxylation is 2. The molecule has 1 aliphatic carbocycles. The fraction of sp³-hybridized carbons (Fsp3) is 0.0909. The van der Waals surface area contributed by atoms with Crippen molar-refractivity contribution < 1.29 is 26.3 Å². The molecule has 2 heterocycles. The van der Waals surface area contributed by atoms with Crippen LogP contribution in [-0.4, -0.2) is 17.8 Å². The Hall–Kier alpha value is -10.6. The molecule has 0 radical (unpaired) electrons. The highest BCUT2D eigenvalue weighted by Gasteiger charge is 2.80. The second-order valence-electron chi connectivity index (χ2n) is 21.4. The number of allylic oxidation sites excluding steroid dienone is 6. The minimum Gasteiger partial charge on any atom is -0.194 e. The molecule has 0 spiro atoms. The molecule has 4 nitrogen and oxygen atoms in total. The molecule has 0 fully saturated rings. The van der Waals surface area contributed by atoms with Crippen LogP contribution in [0.1, 0.15) is 90.4 Å². The highest BCUT2D eigenvalue weighted by Crippen LogP contribution is 2.66. The third-order valence-corrected chi connectivity index (χ3v) is 18.3. The monoisotopic (exact) mass is 1210 g/mol. The number of rotatable bonds is 14. The molecular weight excluding hydrogens is 1160 g/mol. The number of nitrogens with zero attached hydrogens (tertiary/aromatic N) is 4. The van der Waals surface area contributed by atoms with Crippen molar-refractivity contribution in [3.05, 3.63) is 318 Å². The van der Waals surface area contributed by atoms with Gasteiger partial charge in [-0.25, -0.2) is 0 Å². The van der Waals surface area contributed by atoms with E-state index < -0.39 is 40.0 Å². The van der Waals surface area contributed by atoms with Gasteiger partial charge in [-0.2, -0.15) is 47.4 Å². The normalized spacial score (nSPS) is 14.3. The van der Waals surface area contributed by atoms with Crippen molar-refractivity contribution in [3.8, 4) is 45.2 Å². The standard InChI is InChI=1S/C77H50F6N4S2/c1-47(63(43-84)44-85)51-25-33-59(34-26-51)69(55-17-9-5-10-18-55)71(57-21-13-7-14-22-57)61-37-29-53(30-38-61)67-41-65(49(3)88-67)73-74(76(80,81)77(82,83)75(73,78)79)66-42-68(89-50(66)4)54-31-39-62(40-32-54)72(58-23-15-8-16-24-58)70(56-19-11-6-12-20-56)60-35-27-52(28-36-60)48(2)64(45-86)46-87/h5-42H,1-4H3/b71-69+,72-70+. The van der Waals surface area contributed by atoms with Crippen LogP contribution in [-0.2, 0) is 0 Å². The first-order valence-corrected chi connectivity index (χ1v) is 29.8. The van der Waals surface area contributed by atoms with E-state index in [4.69, 9.17) is 0 Å². The number of thiophene rings is 2. The van der Waals surface area contributed by atoms with E-state index >= 15 is 26.3 Å². The zero-order valence-electron chi connectivity index (χ0n) is 48.3. The molecular formula is C77H50F6N4S2. The van der Waals surface area contributed by atoms with Crippen molar-refractivity contribution >= 4 is 67.3 Å². The average Bonchev–Trinajstić information content (AvgIpc) is 1.54. The number of benzene rings is 8. The summed E-state index contributed by atoms with van der Waals surface area (Å²) >= 11 is 2.09. The minimum atomic E-state index is -5.78. The van der Waals surface area contributed by atoms with Crippen LogP contribution in [0.4, 0.5) is 26.3 Å². The Labute approximate surface area is 520 Å². The van der Waals surface area contributed by atoms with Crippen molar-refractivity contribution in [1.29, 1.82) is 21.0 Å². The molecule has 0 aliphatic heterocycles. The first-order chi connectivity index (χ1) is 42.9. The molecule has 8 aromatic carbocycles. The van der Waals surface area contributed by atoms with Crippen molar-refractivity contribution in [2.75, 3.05) is 0 Å². The van der Waals surface area contributed by atoms with Gasteiger partial charge < -0.3 is 0 Å². The van der Waals surface area contributed by atoms with Gasteiger partial charge >= 0.3 is 17.8 Å². The van der Waals surface area contributed by atoms with Gasteiger partial charge in [0, 0.05) is 30.7 Å². The second kappa shape index (κ2) is 24.6. The van der Waals surface area contributed by atoms with Gasteiger partial charge in [0.25, 0.3) is 0 Å². The molecule has 0 N–H and O–H groups in total. The maximum Gasteiger partial charge on any atom is 0.380 e. The van der Waals surface area contributed by atoms with E-state index in [1.54, 1.807) is 38.1 Å². The zero-order chi connectivity index (χ0) is 62.8. The van der Waals surface area contributed by atoms with Crippen LogP contribution >= 0.6 is 22.7 Å². The third kappa shape index (κ3) is 11.1.